The number of fused-ring (bicyclic) bond motifs is 1. The normalized spacial score (nSPS) is 17.6. The maximum absolute atomic E-state index is 14.1. The van der Waals surface area contributed by atoms with Gasteiger partial charge >= 0.3 is 0 Å². The predicted molar refractivity (Wildman–Crippen MR) is 113 cm³/mol. The van der Waals surface area contributed by atoms with Gasteiger partial charge in [0, 0.05) is 23.3 Å². The first-order valence-electron chi connectivity index (χ1n) is 10.1. The molecule has 0 bridgehead atoms. The van der Waals surface area contributed by atoms with Crippen molar-refractivity contribution in [2.75, 3.05) is 19.5 Å². The van der Waals surface area contributed by atoms with Gasteiger partial charge in [-0.2, -0.15) is 4.98 Å². The second kappa shape index (κ2) is 7.54. The van der Waals surface area contributed by atoms with Crippen molar-refractivity contribution < 1.29 is 18.7 Å². The third-order valence-corrected chi connectivity index (χ3v) is 5.67. The van der Waals surface area contributed by atoms with E-state index in [1.165, 1.54) is 12.1 Å². The van der Waals surface area contributed by atoms with Crippen molar-refractivity contribution >= 4 is 11.7 Å². The van der Waals surface area contributed by atoms with E-state index in [2.05, 4.69) is 10.3 Å². The Balaban J connectivity index is 1.65. The van der Waals surface area contributed by atoms with Crippen LogP contribution in [-0.2, 0) is 4.79 Å². The van der Waals surface area contributed by atoms with Crippen LogP contribution >= 0.6 is 0 Å². The van der Waals surface area contributed by atoms with Crippen LogP contribution in [0.1, 0.15) is 30.9 Å². The van der Waals surface area contributed by atoms with Crippen molar-refractivity contribution in [3.8, 4) is 22.9 Å². The summed E-state index contributed by atoms with van der Waals surface area (Å²) in [5.41, 5.74) is 2.87. The molecule has 2 heterocycles. The van der Waals surface area contributed by atoms with Gasteiger partial charge in [0.25, 0.3) is 0 Å². The van der Waals surface area contributed by atoms with Gasteiger partial charge in [0.05, 0.1) is 14.2 Å². The SMILES string of the molecule is COc1ccc(-c2nc3n(n2)C(c2cccc(F)c2)C2=C(CCCC2=O)N3)cc1OC. The number of aromatic nitrogens is 3. The third kappa shape index (κ3) is 3.24. The van der Waals surface area contributed by atoms with E-state index in [4.69, 9.17) is 14.6 Å². The quantitative estimate of drug-likeness (QED) is 0.684. The zero-order chi connectivity index (χ0) is 21.5. The number of carbonyl (C=O) groups excluding carboxylic acids is 1. The summed E-state index contributed by atoms with van der Waals surface area (Å²) in [6.45, 7) is 0. The summed E-state index contributed by atoms with van der Waals surface area (Å²) in [7, 11) is 3.14. The van der Waals surface area contributed by atoms with Crippen LogP contribution in [0.25, 0.3) is 11.4 Å². The van der Waals surface area contributed by atoms with Crippen molar-refractivity contribution in [1.29, 1.82) is 0 Å². The molecule has 1 aromatic heterocycles. The Labute approximate surface area is 178 Å². The lowest BCUT2D eigenvalue weighted by Crippen LogP contribution is -2.31. The molecular weight excluding hydrogens is 399 g/mol. The smallest absolute Gasteiger partial charge is 0.226 e. The number of nitrogens with zero attached hydrogens (tertiary/aromatic N) is 3. The Bertz CT molecular complexity index is 1220. The zero-order valence-electron chi connectivity index (χ0n) is 17.2. The lowest BCUT2D eigenvalue weighted by molar-refractivity contribution is -0.116. The summed E-state index contributed by atoms with van der Waals surface area (Å²) in [6.07, 6.45) is 1.99. The molecule has 31 heavy (non-hydrogen) atoms. The summed E-state index contributed by atoms with van der Waals surface area (Å²) in [6, 6.07) is 11.2. The van der Waals surface area contributed by atoms with E-state index >= 15 is 0 Å². The molecule has 8 heteroatoms. The van der Waals surface area contributed by atoms with Gasteiger partial charge in [-0.1, -0.05) is 12.1 Å². The summed E-state index contributed by atoms with van der Waals surface area (Å²) in [4.78, 5) is 17.5. The second-order valence-corrected chi connectivity index (χ2v) is 7.52. The molecule has 0 radical (unpaired) electrons. The van der Waals surface area contributed by atoms with Gasteiger partial charge in [0.1, 0.15) is 11.9 Å². The molecule has 7 nitrogen and oxygen atoms in total. The highest BCUT2D eigenvalue weighted by molar-refractivity contribution is 5.99. The highest BCUT2D eigenvalue weighted by Crippen LogP contribution is 2.41. The fourth-order valence-corrected chi connectivity index (χ4v) is 4.24. The fourth-order valence-electron chi connectivity index (χ4n) is 4.24. The Morgan fingerprint density at radius 2 is 1.94 bits per heavy atom. The summed E-state index contributed by atoms with van der Waals surface area (Å²) >= 11 is 0. The topological polar surface area (TPSA) is 78.3 Å². The molecule has 3 aromatic rings. The van der Waals surface area contributed by atoms with Crippen LogP contribution < -0.4 is 14.8 Å². The van der Waals surface area contributed by atoms with Crippen LogP contribution in [0.2, 0.25) is 0 Å². The molecule has 1 N–H and O–H groups in total. The maximum Gasteiger partial charge on any atom is 0.226 e. The van der Waals surface area contributed by atoms with Crippen LogP contribution in [0.3, 0.4) is 0 Å². The predicted octanol–water partition coefficient (Wildman–Crippen LogP) is 4.12. The third-order valence-electron chi connectivity index (χ3n) is 5.67. The van der Waals surface area contributed by atoms with Crippen molar-refractivity contribution in [3.63, 3.8) is 0 Å². The Morgan fingerprint density at radius 3 is 2.71 bits per heavy atom. The molecule has 158 valence electrons. The van der Waals surface area contributed by atoms with Gasteiger partial charge in [0.15, 0.2) is 23.1 Å². The summed E-state index contributed by atoms with van der Waals surface area (Å²) < 4.78 is 26.4. The molecule has 2 aliphatic rings. The average Bonchev–Trinajstić information content (AvgIpc) is 3.21. The number of carbonyl (C=O) groups is 1. The van der Waals surface area contributed by atoms with Crippen molar-refractivity contribution in [2.45, 2.75) is 25.3 Å². The molecule has 1 aliphatic heterocycles. The highest BCUT2D eigenvalue weighted by Gasteiger charge is 2.37. The molecule has 0 spiro atoms. The molecule has 0 fully saturated rings. The number of rotatable bonds is 4. The van der Waals surface area contributed by atoms with Crippen LogP contribution in [0.4, 0.5) is 10.3 Å². The van der Waals surface area contributed by atoms with Gasteiger partial charge in [-0.3, -0.25) is 4.79 Å². The number of Topliss-reactive ketones (excluding diaryl/α,β-unsaturated/α-hetero) is 1. The lowest BCUT2D eigenvalue weighted by Gasteiger charge is -2.32. The number of hydrogen-bond acceptors (Lipinski definition) is 6. The Morgan fingerprint density at radius 1 is 1.10 bits per heavy atom. The zero-order valence-corrected chi connectivity index (χ0v) is 17.2. The minimum absolute atomic E-state index is 0.0526. The first-order valence-corrected chi connectivity index (χ1v) is 10.1. The number of benzene rings is 2. The number of allylic oxidation sites excluding steroid dienone is 2. The Kier molecular flexibility index (Phi) is 4.69. The monoisotopic (exact) mass is 420 g/mol. The molecule has 0 saturated carbocycles. The lowest BCUT2D eigenvalue weighted by atomic mass is 9.85. The molecule has 2 aromatic carbocycles. The molecule has 0 saturated heterocycles. The minimum Gasteiger partial charge on any atom is -0.493 e. The van der Waals surface area contributed by atoms with Crippen LogP contribution in [0, 0.1) is 5.82 Å². The van der Waals surface area contributed by atoms with E-state index in [-0.39, 0.29) is 11.6 Å². The second-order valence-electron chi connectivity index (χ2n) is 7.52. The average molecular weight is 420 g/mol. The van der Waals surface area contributed by atoms with Gasteiger partial charge in [-0.25, -0.2) is 9.07 Å². The maximum atomic E-state index is 14.1. The molecule has 1 atom stereocenters. The molecule has 0 amide bonds. The number of ether oxygens (including phenoxy) is 2. The summed E-state index contributed by atoms with van der Waals surface area (Å²) in [5.74, 6) is 1.86. The van der Waals surface area contributed by atoms with E-state index in [0.717, 1.165) is 24.1 Å². The van der Waals surface area contributed by atoms with Gasteiger partial charge in [-0.05, 0) is 48.7 Å². The van der Waals surface area contributed by atoms with Gasteiger partial charge in [0.2, 0.25) is 5.95 Å². The van der Waals surface area contributed by atoms with Crippen molar-refractivity contribution in [2.24, 2.45) is 0 Å². The van der Waals surface area contributed by atoms with Gasteiger partial charge in [-0.15, -0.1) is 5.10 Å². The largest absolute Gasteiger partial charge is 0.493 e. The van der Waals surface area contributed by atoms with Crippen molar-refractivity contribution in [3.05, 3.63) is 65.1 Å². The molecule has 1 aliphatic carbocycles. The highest BCUT2D eigenvalue weighted by atomic mass is 19.1. The minimum atomic E-state index is -0.531. The first-order chi connectivity index (χ1) is 15.1. The number of hydrogen-bond donors (Lipinski definition) is 1. The fraction of sp³-hybridized carbons (Fsp3) is 0.261. The van der Waals surface area contributed by atoms with Gasteiger partial charge < -0.3 is 14.8 Å². The number of ketones is 1. The molecular formula is C23H21FN4O3. The number of nitrogens with one attached hydrogen (secondary N) is 1. The number of halogens is 1. The standard InChI is InChI=1S/C23H21FN4O3/c1-30-18-10-9-14(12-19(18)31-2)22-26-23-25-16-7-4-8-17(29)20(16)21(28(23)27-22)13-5-3-6-15(24)11-13/h3,5-6,9-12,21H,4,7-8H2,1-2H3,(H,25,26,27). The summed E-state index contributed by atoms with van der Waals surface area (Å²) in [5, 5.41) is 7.99. The van der Waals surface area contributed by atoms with Crippen molar-refractivity contribution in [1.82, 2.24) is 14.8 Å². The number of methoxy groups -OCH3 is 2. The first kappa shape index (κ1) is 19.3. The van der Waals surface area contributed by atoms with Crippen LogP contribution in [-0.4, -0.2) is 34.8 Å². The van der Waals surface area contributed by atoms with E-state index in [1.54, 1.807) is 37.1 Å². The van der Waals surface area contributed by atoms with E-state index < -0.39 is 6.04 Å². The van der Waals surface area contributed by atoms with E-state index in [0.29, 0.717) is 40.8 Å². The Hall–Kier alpha value is -3.68. The molecule has 5 rings (SSSR count). The molecule has 1 unspecified atom stereocenters. The van der Waals surface area contributed by atoms with E-state index in [1.807, 2.05) is 12.1 Å². The number of anilines is 1. The van der Waals surface area contributed by atoms with Crippen LogP contribution in [0.15, 0.2) is 53.7 Å². The van der Waals surface area contributed by atoms with E-state index in [9.17, 15) is 9.18 Å². The van der Waals surface area contributed by atoms with Crippen LogP contribution in [0.5, 0.6) is 11.5 Å².